The van der Waals surface area contributed by atoms with Crippen molar-refractivity contribution in [2.75, 3.05) is 20.6 Å². The van der Waals surface area contributed by atoms with Crippen LogP contribution >= 0.6 is 0 Å². The van der Waals surface area contributed by atoms with Crippen molar-refractivity contribution in [3.05, 3.63) is 35.9 Å². The zero-order chi connectivity index (χ0) is 16.5. The Morgan fingerprint density at radius 3 is 2.29 bits per heavy atom. The van der Waals surface area contributed by atoms with Gasteiger partial charge in [-0.05, 0) is 18.4 Å². The lowest BCUT2D eigenvalue weighted by atomic mass is 9.80. The summed E-state index contributed by atoms with van der Waals surface area (Å²) in [6, 6.07) is 9.33. The molecule has 5 heteroatoms. The lowest BCUT2D eigenvalue weighted by Crippen LogP contribution is -3.00. The van der Waals surface area contributed by atoms with Crippen molar-refractivity contribution in [1.82, 2.24) is 0 Å². The second kappa shape index (κ2) is 7.70. The fourth-order valence-electron chi connectivity index (χ4n) is 4.14. The van der Waals surface area contributed by atoms with Gasteiger partial charge in [0.1, 0.15) is 0 Å². The van der Waals surface area contributed by atoms with E-state index in [1.165, 1.54) is 0 Å². The molecule has 2 atom stereocenters. The van der Waals surface area contributed by atoms with E-state index in [9.17, 15) is 9.90 Å². The van der Waals surface area contributed by atoms with Crippen molar-refractivity contribution in [1.29, 1.82) is 0 Å². The number of ether oxygens (including phenoxy) is 1. The van der Waals surface area contributed by atoms with Gasteiger partial charge in [-0.15, -0.1) is 0 Å². The van der Waals surface area contributed by atoms with E-state index >= 15 is 0 Å². The van der Waals surface area contributed by atoms with Crippen LogP contribution in [0.25, 0.3) is 0 Å². The molecule has 134 valence electrons. The topological polar surface area (TPSA) is 46.5 Å². The maximum atomic E-state index is 13.0. The molecule has 1 saturated heterocycles. The first-order valence-electron chi connectivity index (χ1n) is 8.76. The van der Waals surface area contributed by atoms with Crippen molar-refractivity contribution in [2.45, 2.75) is 50.4 Å². The van der Waals surface area contributed by atoms with Gasteiger partial charge in [-0.3, -0.25) is 4.48 Å². The van der Waals surface area contributed by atoms with Gasteiger partial charge < -0.3 is 33.8 Å². The van der Waals surface area contributed by atoms with Gasteiger partial charge in [-0.1, -0.05) is 43.2 Å². The maximum Gasteiger partial charge on any atom is 0.347 e. The molecule has 0 aromatic heterocycles. The Morgan fingerprint density at radius 1 is 1.12 bits per heavy atom. The predicted octanol–water partition coefficient (Wildman–Crippen LogP) is -0.192. The van der Waals surface area contributed by atoms with Gasteiger partial charge in [0.25, 0.3) is 0 Å². The number of esters is 1. The van der Waals surface area contributed by atoms with Crippen LogP contribution in [0.5, 0.6) is 0 Å². The Bertz CT molecular complexity index is 557. The summed E-state index contributed by atoms with van der Waals surface area (Å²) in [6.45, 7) is 1.01. The quantitative estimate of drug-likeness (QED) is 0.397. The number of rotatable bonds is 4. The van der Waals surface area contributed by atoms with Crippen LogP contribution in [0, 0.1) is 5.92 Å². The predicted molar refractivity (Wildman–Crippen MR) is 88.4 cm³/mol. The first kappa shape index (κ1) is 19.7. The molecule has 4 nitrogen and oxygen atoms in total. The van der Waals surface area contributed by atoms with Crippen LogP contribution in [0.3, 0.4) is 0 Å². The lowest BCUT2D eigenvalue weighted by molar-refractivity contribution is -0.921. The average Bonchev–Trinajstić information content (AvgIpc) is 3.18. The molecule has 0 spiro atoms. The van der Waals surface area contributed by atoms with E-state index in [1.807, 2.05) is 30.3 Å². The monoisotopic (exact) mass is 445 g/mol. The fourth-order valence-corrected chi connectivity index (χ4v) is 4.14. The molecule has 0 radical (unpaired) electrons. The van der Waals surface area contributed by atoms with E-state index in [1.54, 1.807) is 0 Å². The summed E-state index contributed by atoms with van der Waals surface area (Å²) in [5.74, 6) is -0.511. The van der Waals surface area contributed by atoms with Crippen molar-refractivity contribution in [3.8, 4) is 0 Å². The first-order valence-corrected chi connectivity index (χ1v) is 8.76. The number of benzene rings is 1. The zero-order valence-electron chi connectivity index (χ0n) is 14.6. The summed E-state index contributed by atoms with van der Waals surface area (Å²) in [5, 5.41) is 11.4. The molecule has 3 rings (SSSR count). The van der Waals surface area contributed by atoms with Gasteiger partial charge in [0.15, 0.2) is 5.60 Å². The van der Waals surface area contributed by atoms with E-state index in [0.29, 0.717) is 10.0 Å². The molecule has 1 unspecified atom stereocenters. The molecule has 2 fully saturated rings. The van der Waals surface area contributed by atoms with Crippen LogP contribution in [-0.4, -0.2) is 42.4 Å². The zero-order valence-corrected chi connectivity index (χ0v) is 16.7. The van der Waals surface area contributed by atoms with E-state index in [2.05, 4.69) is 14.1 Å². The summed E-state index contributed by atoms with van der Waals surface area (Å²) in [7, 11) is 4.17. The largest absolute Gasteiger partial charge is 1.00 e. The Balaban J connectivity index is 0.00000208. The molecule has 24 heavy (non-hydrogen) atoms. The number of carbonyl (C=O) groups is 1. The molecule has 1 saturated carbocycles. The van der Waals surface area contributed by atoms with E-state index < -0.39 is 11.6 Å². The summed E-state index contributed by atoms with van der Waals surface area (Å²) in [6.07, 6.45) is 5.66. The average molecular weight is 445 g/mol. The number of hydrogen-bond donors (Lipinski definition) is 1. The van der Waals surface area contributed by atoms with Crippen molar-refractivity contribution < 1.29 is 43.1 Å². The molecule has 0 bridgehead atoms. The first-order chi connectivity index (χ1) is 10.9. The van der Waals surface area contributed by atoms with Gasteiger partial charge in [0.05, 0.1) is 20.6 Å². The highest BCUT2D eigenvalue weighted by Crippen LogP contribution is 2.42. The van der Waals surface area contributed by atoms with Gasteiger partial charge >= 0.3 is 5.97 Å². The minimum atomic E-state index is -1.51. The third kappa shape index (κ3) is 3.63. The highest BCUT2D eigenvalue weighted by molar-refractivity contribution is 5.81. The van der Waals surface area contributed by atoms with Crippen molar-refractivity contribution >= 4 is 5.97 Å². The molecule has 1 aromatic carbocycles. The van der Waals surface area contributed by atoms with Crippen LogP contribution in [0.1, 0.15) is 44.1 Å². The van der Waals surface area contributed by atoms with E-state index in [4.69, 9.17) is 4.74 Å². The number of nitrogens with zero attached hydrogens (tertiary/aromatic N) is 1. The van der Waals surface area contributed by atoms with Crippen LogP contribution < -0.4 is 24.0 Å². The third-order valence-corrected chi connectivity index (χ3v) is 5.68. The maximum absolute atomic E-state index is 13.0. The van der Waals surface area contributed by atoms with Gasteiger partial charge in [0, 0.05) is 18.8 Å². The van der Waals surface area contributed by atoms with Crippen LogP contribution in [0.2, 0.25) is 0 Å². The number of aliphatic hydroxyl groups is 1. The minimum absolute atomic E-state index is 0. The summed E-state index contributed by atoms with van der Waals surface area (Å²) < 4.78 is 6.52. The second-order valence-electron chi connectivity index (χ2n) is 7.62. The number of halogens is 1. The number of quaternary nitrogens is 1. The summed E-state index contributed by atoms with van der Waals surface area (Å²) in [5.41, 5.74) is -0.847. The molecule has 1 heterocycles. The standard InChI is InChI=1S/C19H28NO3.HI/c1-20(2)14-8-13-17(20)23-18(21)19(22,16-11-6-7-12-16)15-9-4-3-5-10-15;/h3-5,9-10,16-17,22H,6-8,11-14H2,1-2H3;1H/q+1;/p-1/t17?,19-;/m0./s1. The smallest absolute Gasteiger partial charge is 0.347 e. The van der Waals surface area contributed by atoms with Crippen LogP contribution in [-0.2, 0) is 15.1 Å². The molecule has 1 aliphatic heterocycles. The Morgan fingerprint density at radius 2 is 1.75 bits per heavy atom. The lowest BCUT2D eigenvalue weighted by Gasteiger charge is -2.36. The van der Waals surface area contributed by atoms with Crippen LogP contribution in [0.4, 0.5) is 0 Å². The Hall–Kier alpha value is -0.660. The molecule has 1 aliphatic carbocycles. The molecule has 1 aromatic rings. The van der Waals surface area contributed by atoms with Gasteiger partial charge in [-0.2, -0.15) is 0 Å². The fraction of sp³-hybridized carbons (Fsp3) is 0.632. The number of carbonyl (C=O) groups excluding carboxylic acids is 1. The van der Waals surface area contributed by atoms with Gasteiger partial charge in [0.2, 0.25) is 6.23 Å². The normalized spacial score (nSPS) is 25.7. The second-order valence-corrected chi connectivity index (χ2v) is 7.62. The molecule has 2 aliphatic rings. The van der Waals surface area contributed by atoms with Crippen molar-refractivity contribution in [2.24, 2.45) is 5.92 Å². The Labute approximate surface area is 161 Å². The van der Waals surface area contributed by atoms with Crippen molar-refractivity contribution in [3.63, 3.8) is 0 Å². The number of hydrogen-bond acceptors (Lipinski definition) is 3. The molecular weight excluding hydrogens is 417 g/mol. The molecular formula is C19H28INO3. The Kier molecular flexibility index (Phi) is 6.31. The molecule has 1 N–H and O–H groups in total. The third-order valence-electron chi connectivity index (χ3n) is 5.68. The summed E-state index contributed by atoms with van der Waals surface area (Å²) in [4.78, 5) is 13.0. The van der Waals surface area contributed by atoms with E-state index in [0.717, 1.165) is 45.1 Å². The van der Waals surface area contributed by atoms with Gasteiger partial charge in [-0.25, -0.2) is 4.79 Å². The number of likely N-dealkylation sites (tertiary alicyclic amines) is 1. The van der Waals surface area contributed by atoms with Crippen LogP contribution in [0.15, 0.2) is 30.3 Å². The summed E-state index contributed by atoms with van der Waals surface area (Å²) >= 11 is 0. The minimum Gasteiger partial charge on any atom is -1.00 e. The molecule has 0 amide bonds. The SMILES string of the molecule is C[N+]1(C)CCCC1OC(=O)[C@](O)(c1ccccc1)C1CCCC1.[I-]. The highest BCUT2D eigenvalue weighted by atomic mass is 127. The highest BCUT2D eigenvalue weighted by Gasteiger charge is 2.50. The van der Waals surface area contributed by atoms with E-state index in [-0.39, 0.29) is 36.1 Å².